The predicted molar refractivity (Wildman–Crippen MR) is 71.5 cm³/mol. The minimum Gasteiger partial charge on any atom is -0.312 e. The van der Waals surface area contributed by atoms with Crippen LogP contribution in [0.4, 0.5) is 10.1 Å². The second kappa shape index (κ2) is 5.51. The molecule has 19 heavy (non-hydrogen) atoms. The lowest BCUT2D eigenvalue weighted by Gasteiger charge is -2.32. The van der Waals surface area contributed by atoms with E-state index in [1.807, 2.05) is 0 Å². The third-order valence-electron chi connectivity index (χ3n) is 3.63. The van der Waals surface area contributed by atoms with Gasteiger partial charge in [0.2, 0.25) is 5.91 Å². The van der Waals surface area contributed by atoms with E-state index in [0.717, 1.165) is 12.0 Å². The number of anilines is 1. The molecule has 0 radical (unpaired) electrons. The third-order valence-corrected chi connectivity index (χ3v) is 3.63. The summed E-state index contributed by atoms with van der Waals surface area (Å²) in [6.07, 6.45) is 1.81. The molecule has 1 aromatic rings. The molecule has 1 atom stereocenters. The van der Waals surface area contributed by atoms with Gasteiger partial charge in [-0.3, -0.25) is 9.59 Å². The van der Waals surface area contributed by atoms with Crippen LogP contribution < -0.4 is 4.90 Å². The Kier molecular flexibility index (Phi) is 3.98. The topological polar surface area (TPSA) is 37.4 Å². The lowest BCUT2D eigenvalue weighted by Crippen LogP contribution is -2.44. The summed E-state index contributed by atoms with van der Waals surface area (Å²) < 4.78 is 13.1. The highest BCUT2D eigenvalue weighted by Crippen LogP contribution is 2.28. The number of hydrogen-bond donors (Lipinski definition) is 0. The Hall–Kier alpha value is -1.71. The molecule has 1 aromatic carbocycles. The van der Waals surface area contributed by atoms with Crippen LogP contribution in [0.1, 0.15) is 31.7 Å². The predicted octanol–water partition coefficient (Wildman–Crippen LogP) is 2.86. The normalized spacial score (nSPS) is 19.6. The highest BCUT2D eigenvalue weighted by molar-refractivity contribution is 6.09. The number of ketones is 1. The number of halogens is 1. The summed E-state index contributed by atoms with van der Waals surface area (Å²) in [7, 11) is 0. The van der Waals surface area contributed by atoms with Gasteiger partial charge in [-0.2, -0.15) is 0 Å². The molecule has 1 aliphatic heterocycles. The molecule has 0 spiro atoms. The number of rotatable bonds is 3. The van der Waals surface area contributed by atoms with Crippen molar-refractivity contribution in [2.75, 3.05) is 11.4 Å². The van der Waals surface area contributed by atoms with Gasteiger partial charge in [0.25, 0.3) is 0 Å². The van der Waals surface area contributed by atoms with Crippen molar-refractivity contribution in [3.8, 4) is 0 Å². The van der Waals surface area contributed by atoms with Crippen molar-refractivity contribution in [2.45, 2.75) is 33.1 Å². The number of carbonyl (C=O) groups is 2. The second-order valence-corrected chi connectivity index (χ2v) is 4.94. The van der Waals surface area contributed by atoms with Gasteiger partial charge in [-0.1, -0.05) is 6.92 Å². The Bertz CT molecular complexity index is 513. The van der Waals surface area contributed by atoms with E-state index in [0.29, 0.717) is 25.1 Å². The maximum Gasteiger partial charge on any atom is 0.237 e. The molecular formula is C15H18FNO2. The van der Waals surface area contributed by atoms with E-state index in [2.05, 4.69) is 0 Å². The number of aryl methyl sites for hydroxylation is 1. The van der Waals surface area contributed by atoms with Crippen LogP contribution in [0.15, 0.2) is 18.2 Å². The van der Waals surface area contributed by atoms with E-state index >= 15 is 0 Å². The molecule has 1 heterocycles. The average Bonchev–Trinajstić information content (AvgIpc) is 2.39. The Morgan fingerprint density at radius 2 is 2.21 bits per heavy atom. The van der Waals surface area contributed by atoms with Crippen LogP contribution in [0.2, 0.25) is 0 Å². The van der Waals surface area contributed by atoms with Gasteiger partial charge in [0.05, 0.1) is 5.92 Å². The van der Waals surface area contributed by atoms with Crippen LogP contribution in [0.5, 0.6) is 0 Å². The molecule has 1 fully saturated rings. The molecule has 4 heteroatoms. The summed E-state index contributed by atoms with van der Waals surface area (Å²) in [5, 5.41) is 0. The van der Waals surface area contributed by atoms with E-state index in [1.165, 1.54) is 12.1 Å². The summed E-state index contributed by atoms with van der Waals surface area (Å²) >= 11 is 0. The van der Waals surface area contributed by atoms with E-state index in [4.69, 9.17) is 0 Å². The largest absolute Gasteiger partial charge is 0.312 e. The first kappa shape index (κ1) is 13.7. The van der Waals surface area contributed by atoms with Gasteiger partial charge in [0, 0.05) is 18.7 Å². The molecule has 3 nitrogen and oxygen atoms in total. The zero-order chi connectivity index (χ0) is 14.0. The smallest absolute Gasteiger partial charge is 0.237 e. The van der Waals surface area contributed by atoms with Crippen molar-refractivity contribution in [1.82, 2.24) is 0 Å². The summed E-state index contributed by atoms with van der Waals surface area (Å²) in [4.78, 5) is 25.8. The van der Waals surface area contributed by atoms with Crippen LogP contribution in [-0.4, -0.2) is 18.2 Å². The van der Waals surface area contributed by atoms with E-state index < -0.39 is 5.92 Å². The first-order chi connectivity index (χ1) is 9.04. The van der Waals surface area contributed by atoms with Gasteiger partial charge in [-0.25, -0.2) is 4.39 Å². The van der Waals surface area contributed by atoms with Crippen molar-refractivity contribution in [2.24, 2.45) is 5.92 Å². The monoisotopic (exact) mass is 263 g/mol. The maximum atomic E-state index is 13.1. The first-order valence-corrected chi connectivity index (χ1v) is 6.64. The number of benzene rings is 1. The molecule has 0 N–H and O–H groups in total. The van der Waals surface area contributed by atoms with Gasteiger partial charge in [0.1, 0.15) is 11.6 Å². The zero-order valence-electron chi connectivity index (χ0n) is 11.3. The minimum atomic E-state index is -0.525. The number of carbonyl (C=O) groups excluding carboxylic acids is 2. The summed E-state index contributed by atoms with van der Waals surface area (Å²) in [5.74, 6) is -0.989. The molecule has 0 saturated carbocycles. The van der Waals surface area contributed by atoms with Crippen LogP contribution in [0.3, 0.4) is 0 Å². The Morgan fingerprint density at radius 3 is 2.84 bits per heavy atom. The molecule has 0 bridgehead atoms. The number of piperidine rings is 1. The molecule has 1 saturated heterocycles. The van der Waals surface area contributed by atoms with Crippen LogP contribution >= 0.6 is 0 Å². The first-order valence-electron chi connectivity index (χ1n) is 6.64. The number of hydrogen-bond acceptors (Lipinski definition) is 2. The molecule has 2 rings (SSSR count). The van der Waals surface area contributed by atoms with Crippen LogP contribution in [0.25, 0.3) is 0 Å². The fourth-order valence-corrected chi connectivity index (χ4v) is 2.58. The average molecular weight is 263 g/mol. The third kappa shape index (κ3) is 2.67. The summed E-state index contributed by atoms with van der Waals surface area (Å²) in [6.45, 7) is 4.15. The van der Waals surface area contributed by atoms with Crippen LogP contribution in [-0.2, 0) is 9.59 Å². The highest BCUT2D eigenvalue weighted by Gasteiger charge is 2.34. The highest BCUT2D eigenvalue weighted by atomic mass is 19.1. The standard InChI is InChI=1S/C15H18FNO2/c1-3-14(18)12-5-4-8-17(15(12)19)13-7-6-11(16)9-10(13)2/h6-7,9,12H,3-5,8H2,1-2H3. The molecule has 1 unspecified atom stereocenters. The van der Waals surface area contributed by atoms with Crippen molar-refractivity contribution in [3.05, 3.63) is 29.6 Å². The van der Waals surface area contributed by atoms with E-state index in [-0.39, 0.29) is 17.5 Å². The van der Waals surface area contributed by atoms with Crippen molar-refractivity contribution in [3.63, 3.8) is 0 Å². The molecule has 1 aliphatic rings. The molecular weight excluding hydrogens is 245 g/mol. The fourth-order valence-electron chi connectivity index (χ4n) is 2.58. The Morgan fingerprint density at radius 1 is 1.47 bits per heavy atom. The van der Waals surface area contributed by atoms with E-state index in [9.17, 15) is 14.0 Å². The minimum absolute atomic E-state index is 0.00513. The Balaban J connectivity index is 2.29. The number of nitrogens with zero attached hydrogens (tertiary/aromatic N) is 1. The van der Waals surface area contributed by atoms with Crippen molar-refractivity contribution in [1.29, 1.82) is 0 Å². The van der Waals surface area contributed by atoms with Gasteiger partial charge >= 0.3 is 0 Å². The molecule has 102 valence electrons. The quantitative estimate of drug-likeness (QED) is 0.786. The SMILES string of the molecule is CCC(=O)C1CCCN(c2ccc(F)cc2C)C1=O. The lowest BCUT2D eigenvalue weighted by atomic mass is 9.91. The molecule has 0 aromatic heterocycles. The lowest BCUT2D eigenvalue weighted by molar-refractivity contribution is -0.133. The summed E-state index contributed by atoms with van der Waals surface area (Å²) in [5.41, 5.74) is 1.43. The second-order valence-electron chi connectivity index (χ2n) is 4.94. The zero-order valence-corrected chi connectivity index (χ0v) is 11.3. The van der Waals surface area contributed by atoms with E-state index in [1.54, 1.807) is 24.8 Å². The summed E-state index contributed by atoms with van der Waals surface area (Å²) in [6, 6.07) is 4.37. The van der Waals surface area contributed by atoms with Crippen molar-refractivity contribution < 1.29 is 14.0 Å². The fraction of sp³-hybridized carbons (Fsp3) is 0.467. The van der Waals surface area contributed by atoms with Gasteiger partial charge in [0.15, 0.2) is 0 Å². The van der Waals surface area contributed by atoms with Gasteiger partial charge in [-0.05, 0) is 43.5 Å². The van der Waals surface area contributed by atoms with Gasteiger partial charge in [-0.15, -0.1) is 0 Å². The number of amides is 1. The van der Waals surface area contributed by atoms with Crippen LogP contribution in [0, 0.1) is 18.7 Å². The molecule has 0 aliphatic carbocycles. The number of Topliss-reactive ketones (excluding diaryl/α,β-unsaturated/α-hetero) is 1. The van der Waals surface area contributed by atoms with Crippen molar-refractivity contribution >= 4 is 17.4 Å². The maximum absolute atomic E-state index is 13.1. The Labute approximate surface area is 112 Å². The van der Waals surface area contributed by atoms with Gasteiger partial charge < -0.3 is 4.90 Å². The molecule has 1 amide bonds.